The van der Waals surface area contributed by atoms with Gasteiger partial charge in [0.2, 0.25) is 0 Å². The molecule has 0 aromatic heterocycles. The third-order valence-electron chi connectivity index (χ3n) is 2.83. The van der Waals surface area contributed by atoms with E-state index in [1.54, 1.807) is 6.07 Å². The van der Waals surface area contributed by atoms with Gasteiger partial charge in [-0.3, -0.25) is 0 Å². The van der Waals surface area contributed by atoms with Gasteiger partial charge in [-0.25, -0.2) is 4.39 Å². The zero-order valence-corrected chi connectivity index (χ0v) is 7.72. The molecular weight excluding hydrogens is 163 g/mol. The maximum atomic E-state index is 12.9. The van der Waals surface area contributed by atoms with Crippen molar-refractivity contribution in [2.24, 2.45) is 0 Å². The van der Waals surface area contributed by atoms with Gasteiger partial charge < -0.3 is 0 Å². The number of halogens is 1. The van der Waals surface area contributed by atoms with Gasteiger partial charge >= 0.3 is 0 Å². The Kier molecular flexibility index (Phi) is 2.62. The zero-order chi connectivity index (χ0) is 9.10. The van der Waals surface area contributed by atoms with Gasteiger partial charge in [0.05, 0.1) is 0 Å². The van der Waals surface area contributed by atoms with E-state index in [0.29, 0.717) is 5.92 Å². The van der Waals surface area contributed by atoms with Crippen molar-refractivity contribution in [1.29, 1.82) is 0 Å². The highest BCUT2D eigenvalue weighted by Gasteiger charge is 2.15. The Bertz CT molecular complexity index is 274. The van der Waals surface area contributed by atoms with E-state index in [1.165, 1.54) is 38.2 Å². The summed E-state index contributed by atoms with van der Waals surface area (Å²) in [5, 5.41) is 0. The van der Waals surface area contributed by atoms with E-state index in [0.717, 1.165) is 5.56 Å². The summed E-state index contributed by atoms with van der Waals surface area (Å²) in [7, 11) is 0. The largest absolute Gasteiger partial charge is 0.206 e. The minimum absolute atomic E-state index is 0.219. The van der Waals surface area contributed by atoms with Crippen LogP contribution in [0.5, 0.6) is 0 Å². The topological polar surface area (TPSA) is 0 Å². The normalized spacial score (nSPS) is 18.8. The molecule has 1 radical (unpaired) electrons. The molecule has 0 unspecified atom stereocenters. The standard InChI is InChI=1S/C12H14F/c13-12-8-4-7-11(9-12)10-5-2-1-3-6-10/h4,7-8,10H,1-3,5-6H2. The van der Waals surface area contributed by atoms with Crippen molar-refractivity contribution in [2.75, 3.05) is 0 Å². The molecule has 1 saturated carbocycles. The van der Waals surface area contributed by atoms with Crippen LogP contribution >= 0.6 is 0 Å². The van der Waals surface area contributed by atoms with Crippen LogP contribution in [0.4, 0.5) is 4.39 Å². The van der Waals surface area contributed by atoms with Gasteiger partial charge in [0.15, 0.2) is 0 Å². The lowest BCUT2D eigenvalue weighted by Crippen LogP contribution is -2.04. The average Bonchev–Trinajstić information content (AvgIpc) is 2.19. The molecule has 1 fully saturated rings. The van der Waals surface area contributed by atoms with Crippen molar-refractivity contribution in [3.8, 4) is 0 Å². The van der Waals surface area contributed by atoms with E-state index in [1.807, 2.05) is 6.07 Å². The Morgan fingerprint density at radius 3 is 2.62 bits per heavy atom. The fourth-order valence-electron chi connectivity index (χ4n) is 2.11. The zero-order valence-electron chi connectivity index (χ0n) is 7.72. The van der Waals surface area contributed by atoms with Crippen molar-refractivity contribution in [3.63, 3.8) is 0 Å². The molecule has 0 N–H and O–H groups in total. The molecule has 0 spiro atoms. The Hall–Kier alpha value is -0.850. The van der Waals surface area contributed by atoms with Crippen molar-refractivity contribution in [1.82, 2.24) is 0 Å². The molecule has 2 rings (SSSR count). The minimum atomic E-state index is -0.219. The Morgan fingerprint density at radius 2 is 1.92 bits per heavy atom. The van der Waals surface area contributed by atoms with E-state index in [-0.39, 0.29) is 5.82 Å². The lowest BCUT2D eigenvalue weighted by atomic mass is 9.84. The Morgan fingerprint density at radius 1 is 1.15 bits per heavy atom. The molecule has 0 saturated heterocycles. The van der Waals surface area contributed by atoms with Crippen molar-refractivity contribution >= 4 is 0 Å². The van der Waals surface area contributed by atoms with Gasteiger partial charge in [-0.15, -0.1) is 0 Å². The molecule has 1 aromatic rings. The van der Waals surface area contributed by atoms with Crippen LogP contribution in [-0.2, 0) is 0 Å². The van der Waals surface area contributed by atoms with E-state index >= 15 is 0 Å². The lowest BCUT2D eigenvalue weighted by Gasteiger charge is -2.21. The first kappa shape index (κ1) is 8.74. The molecule has 13 heavy (non-hydrogen) atoms. The summed E-state index contributed by atoms with van der Waals surface area (Å²) in [5.74, 6) is 0.340. The summed E-state index contributed by atoms with van der Waals surface area (Å²) in [4.78, 5) is 0. The minimum Gasteiger partial charge on any atom is -0.206 e. The van der Waals surface area contributed by atoms with Crippen molar-refractivity contribution in [2.45, 2.75) is 38.0 Å². The Balaban J connectivity index is 2.14. The predicted molar refractivity (Wildman–Crippen MR) is 51.1 cm³/mol. The second-order valence-electron chi connectivity index (χ2n) is 3.79. The quantitative estimate of drug-likeness (QED) is 0.614. The molecular formula is C12H14F. The lowest BCUT2D eigenvalue weighted by molar-refractivity contribution is 0.441. The first-order chi connectivity index (χ1) is 6.36. The fourth-order valence-corrected chi connectivity index (χ4v) is 2.11. The van der Waals surface area contributed by atoms with Gasteiger partial charge in [0.25, 0.3) is 0 Å². The fraction of sp³-hybridized carbons (Fsp3) is 0.500. The number of hydrogen-bond acceptors (Lipinski definition) is 0. The molecule has 0 nitrogen and oxygen atoms in total. The summed E-state index contributed by atoms with van der Waals surface area (Å²) in [5.41, 5.74) is 1.07. The highest BCUT2D eigenvalue weighted by molar-refractivity contribution is 5.19. The van der Waals surface area contributed by atoms with Crippen LogP contribution in [0.3, 0.4) is 0 Å². The van der Waals surface area contributed by atoms with Gasteiger partial charge in [-0.1, -0.05) is 31.4 Å². The molecule has 0 atom stereocenters. The summed E-state index contributed by atoms with van der Waals surface area (Å²) in [6.07, 6.45) is 6.33. The summed E-state index contributed by atoms with van der Waals surface area (Å²) < 4.78 is 12.9. The maximum absolute atomic E-state index is 12.9. The monoisotopic (exact) mass is 177 g/mol. The van der Waals surface area contributed by atoms with Crippen molar-refractivity contribution < 1.29 is 4.39 Å². The summed E-state index contributed by atoms with van der Waals surface area (Å²) in [6.45, 7) is 0. The maximum Gasteiger partial charge on any atom is 0.131 e. The highest BCUT2D eigenvalue weighted by atomic mass is 19.1. The molecule has 0 heterocycles. The van der Waals surface area contributed by atoms with Crippen LogP contribution in [0.1, 0.15) is 43.6 Å². The van der Waals surface area contributed by atoms with Gasteiger partial charge in [0.1, 0.15) is 5.82 Å². The van der Waals surface area contributed by atoms with E-state index in [9.17, 15) is 4.39 Å². The molecule has 1 aliphatic carbocycles. The Labute approximate surface area is 78.8 Å². The number of benzene rings is 1. The molecule has 1 aliphatic rings. The predicted octanol–water partition coefficient (Wildman–Crippen LogP) is 3.67. The molecule has 69 valence electrons. The van der Waals surface area contributed by atoms with Crippen LogP contribution in [-0.4, -0.2) is 0 Å². The van der Waals surface area contributed by atoms with Crippen molar-refractivity contribution in [3.05, 3.63) is 35.6 Å². The highest BCUT2D eigenvalue weighted by Crippen LogP contribution is 2.32. The second kappa shape index (κ2) is 3.91. The third-order valence-corrected chi connectivity index (χ3v) is 2.83. The molecule has 0 amide bonds. The summed E-state index contributed by atoms with van der Waals surface area (Å²) in [6, 6.07) is 8.06. The van der Waals surface area contributed by atoms with Crippen LogP contribution in [0.15, 0.2) is 18.2 Å². The van der Waals surface area contributed by atoms with Crippen LogP contribution in [0, 0.1) is 11.9 Å². The number of hydrogen-bond donors (Lipinski definition) is 0. The smallest absolute Gasteiger partial charge is 0.131 e. The second-order valence-corrected chi connectivity index (χ2v) is 3.79. The van der Waals surface area contributed by atoms with E-state index < -0.39 is 0 Å². The molecule has 0 bridgehead atoms. The summed E-state index contributed by atoms with van der Waals surface area (Å²) >= 11 is 0. The SMILES string of the molecule is Fc1[c]c(C2CCCCC2)ccc1. The number of rotatable bonds is 1. The average molecular weight is 177 g/mol. The molecule has 1 aromatic carbocycles. The van der Waals surface area contributed by atoms with Gasteiger partial charge in [-0.2, -0.15) is 0 Å². The first-order valence-corrected chi connectivity index (χ1v) is 5.04. The molecule has 0 aliphatic heterocycles. The van der Waals surface area contributed by atoms with Gasteiger partial charge in [0, 0.05) is 6.07 Å². The van der Waals surface area contributed by atoms with Gasteiger partial charge in [-0.05, 0) is 30.4 Å². The first-order valence-electron chi connectivity index (χ1n) is 5.04. The molecule has 1 heteroatoms. The van der Waals surface area contributed by atoms with E-state index in [4.69, 9.17) is 0 Å². The third kappa shape index (κ3) is 2.09. The van der Waals surface area contributed by atoms with Crippen LogP contribution in [0.25, 0.3) is 0 Å². The van der Waals surface area contributed by atoms with E-state index in [2.05, 4.69) is 6.07 Å². The van der Waals surface area contributed by atoms with Crippen LogP contribution < -0.4 is 0 Å². The van der Waals surface area contributed by atoms with Crippen LogP contribution in [0.2, 0.25) is 0 Å².